The molecule has 0 aromatic carbocycles. The second-order valence-corrected chi connectivity index (χ2v) is 7.01. The Kier molecular flexibility index (Phi) is 3.20. The lowest BCUT2D eigenvalue weighted by Gasteiger charge is -2.47. The second kappa shape index (κ2) is 4.55. The molecule has 0 spiro atoms. The van der Waals surface area contributed by atoms with Crippen LogP contribution in [-0.2, 0) is 0 Å². The fraction of sp³-hybridized carbons (Fsp3) is 1.00. The number of rotatable bonds is 2. The van der Waals surface area contributed by atoms with E-state index in [2.05, 4.69) is 24.1 Å². The molecule has 2 nitrogen and oxygen atoms in total. The van der Waals surface area contributed by atoms with E-state index < -0.39 is 0 Å². The van der Waals surface area contributed by atoms with Crippen molar-refractivity contribution in [1.82, 2.24) is 10.2 Å². The summed E-state index contributed by atoms with van der Waals surface area (Å²) < 4.78 is 0. The van der Waals surface area contributed by atoms with E-state index in [1.54, 1.807) is 0 Å². The largest absolute Gasteiger partial charge is 0.309 e. The van der Waals surface area contributed by atoms with E-state index in [0.717, 1.165) is 17.9 Å². The van der Waals surface area contributed by atoms with Gasteiger partial charge in [-0.1, -0.05) is 19.8 Å². The third-order valence-electron chi connectivity index (χ3n) is 5.36. The van der Waals surface area contributed by atoms with Crippen LogP contribution < -0.4 is 5.32 Å². The summed E-state index contributed by atoms with van der Waals surface area (Å²) in [6.45, 7) is 8.68. The molecular weight excluding hydrogens is 208 g/mol. The van der Waals surface area contributed by atoms with Crippen molar-refractivity contribution in [2.24, 2.45) is 11.8 Å². The summed E-state index contributed by atoms with van der Waals surface area (Å²) in [6.07, 6.45) is 8.72. The molecule has 0 aromatic rings. The molecule has 2 heteroatoms. The van der Waals surface area contributed by atoms with Gasteiger partial charge in [-0.25, -0.2) is 0 Å². The Hall–Kier alpha value is -0.0800. The van der Waals surface area contributed by atoms with Gasteiger partial charge in [0.2, 0.25) is 0 Å². The average molecular weight is 236 g/mol. The highest BCUT2D eigenvalue weighted by atomic mass is 15.2. The highest BCUT2D eigenvalue weighted by Crippen LogP contribution is 2.41. The number of nitrogens with one attached hydrogen (secondary N) is 1. The van der Waals surface area contributed by atoms with Gasteiger partial charge in [0.25, 0.3) is 0 Å². The van der Waals surface area contributed by atoms with Gasteiger partial charge in [-0.3, -0.25) is 4.90 Å². The third kappa shape index (κ3) is 2.53. The Morgan fingerprint density at radius 1 is 1.18 bits per heavy atom. The summed E-state index contributed by atoms with van der Waals surface area (Å²) in [6, 6.07) is 0.888. The first-order chi connectivity index (χ1) is 8.17. The van der Waals surface area contributed by atoms with Crippen molar-refractivity contribution in [1.29, 1.82) is 0 Å². The van der Waals surface area contributed by atoms with Crippen molar-refractivity contribution in [3.8, 4) is 0 Å². The summed E-state index contributed by atoms with van der Waals surface area (Å²) >= 11 is 0. The van der Waals surface area contributed by atoms with Crippen LogP contribution in [0.5, 0.6) is 0 Å². The van der Waals surface area contributed by atoms with Crippen molar-refractivity contribution < 1.29 is 0 Å². The lowest BCUT2D eigenvalue weighted by Crippen LogP contribution is -2.62. The summed E-state index contributed by atoms with van der Waals surface area (Å²) in [5, 5.41) is 3.80. The molecule has 1 aliphatic heterocycles. The molecule has 1 N–H and O–H groups in total. The van der Waals surface area contributed by atoms with Gasteiger partial charge < -0.3 is 5.32 Å². The predicted molar refractivity (Wildman–Crippen MR) is 72.1 cm³/mol. The van der Waals surface area contributed by atoms with Crippen LogP contribution >= 0.6 is 0 Å². The van der Waals surface area contributed by atoms with Gasteiger partial charge in [0.05, 0.1) is 0 Å². The minimum atomic E-state index is 0.429. The quantitative estimate of drug-likeness (QED) is 0.793. The van der Waals surface area contributed by atoms with Gasteiger partial charge >= 0.3 is 0 Å². The summed E-state index contributed by atoms with van der Waals surface area (Å²) in [7, 11) is 0. The first-order valence-corrected chi connectivity index (χ1v) is 7.66. The van der Waals surface area contributed by atoms with Gasteiger partial charge in [0.1, 0.15) is 0 Å². The van der Waals surface area contributed by atoms with Gasteiger partial charge in [-0.05, 0) is 44.4 Å². The van der Waals surface area contributed by atoms with Crippen LogP contribution in [0.3, 0.4) is 0 Å². The maximum absolute atomic E-state index is 3.80. The zero-order chi connectivity index (χ0) is 11.9. The third-order valence-corrected chi connectivity index (χ3v) is 5.36. The Balaban J connectivity index is 1.62. The van der Waals surface area contributed by atoms with Crippen LogP contribution in [0, 0.1) is 11.8 Å². The molecule has 3 unspecified atom stereocenters. The number of nitrogens with zero attached hydrogens (tertiary/aromatic N) is 1. The normalized spacial score (nSPS) is 44.8. The first kappa shape index (κ1) is 12.0. The predicted octanol–water partition coefficient (Wildman–Crippen LogP) is 2.64. The molecule has 1 heterocycles. The minimum Gasteiger partial charge on any atom is -0.309 e. The molecule has 3 fully saturated rings. The number of piperazine rings is 1. The SMILES string of the molecule is CC1CCCC(N2CCNC(C)(C3CC3)C2)C1. The highest BCUT2D eigenvalue weighted by Gasteiger charge is 2.45. The van der Waals surface area contributed by atoms with Crippen molar-refractivity contribution in [2.45, 2.75) is 64.0 Å². The second-order valence-electron chi connectivity index (χ2n) is 7.01. The monoisotopic (exact) mass is 236 g/mol. The molecule has 3 rings (SSSR count). The van der Waals surface area contributed by atoms with Crippen LogP contribution in [-0.4, -0.2) is 36.1 Å². The fourth-order valence-electron chi connectivity index (χ4n) is 4.08. The van der Waals surface area contributed by atoms with Crippen molar-refractivity contribution in [2.75, 3.05) is 19.6 Å². The smallest absolute Gasteiger partial charge is 0.0309 e. The van der Waals surface area contributed by atoms with Crippen LogP contribution in [0.1, 0.15) is 52.4 Å². The molecule has 3 atom stereocenters. The van der Waals surface area contributed by atoms with Gasteiger partial charge in [-0.15, -0.1) is 0 Å². The van der Waals surface area contributed by atoms with Crippen molar-refractivity contribution in [3.63, 3.8) is 0 Å². The summed E-state index contributed by atoms with van der Waals surface area (Å²) in [5.41, 5.74) is 0.429. The minimum absolute atomic E-state index is 0.429. The Morgan fingerprint density at radius 2 is 2.00 bits per heavy atom. The zero-order valence-electron chi connectivity index (χ0n) is 11.5. The Labute approximate surface area is 106 Å². The van der Waals surface area contributed by atoms with E-state index >= 15 is 0 Å². The van der Waals surface area contributed by atoms with Crippen LogP contribution in [0.2, 0.25) is 0 Å². The Bertz CT molecular complexity index is 274. The molecule has 0 radical (unpaired) electrons. The fourth-order valence-corrected chi connectivity index (χ4v) is 4.08. The van der Waals surface area contributed by atoms with E-state index in [9.17, 15) is 0 Å². The number of hydrogen-bond donors (Lipinski definition) is 1. The number of hydrogen-bond acceptors (Lipinski definition) is 2. The van der Waals surface area contributed by atoms with Crippen LogP contribution in [0.15, 0.2) is 0 Å². The topological polar surface area (TPSA) is 15.3 Å². The molecule has 2 saturated carbocycles. The van der Waals surface area contributed by atoms with Gasteiger partial charge in [0.15, 0.2) is 0 Å². The molecule has 1 saturated heterocycles. The molecule has 0 aromatic heterocycles. The molecule has 3 aliphatic rings. The molecule has 0 amide bonds. The highest BCUT2D eigenvalue weighted by molar-refractivity contribution is 5.03. The molecular formula is C15H28N2. The van der Waals surface area contributed by atoms with E-state index in [1.807, 2.05) is 0 Å². The van der Waals surface area contributed by atoms with E-state index in [1.165, 1.54) is 58.2 Å². The van der Waals surface area contributed by atoms with Crippen molar-refractivity contribution in [3.05, 3.63) is 0 Å². The average Bonchev–Trinajstić information content (AvgIpc) is 3.13. The summed E-state index contributed by atoms with van der Waals surface area (Å²) in [4.78, 5) is 2.81. The van der Waals surface area contributed by atoms with E-state index in [4.69, 9.17) is 0 Å². The standard InChI is InChI=1S/C15H28N2/c1-12-4-3-5-14(10-12)17-9-8-16-15(2,11-17)13-6-7-13/h12-14,16H,3-11H2,1-2H3. The lowest BCUT2D eigenvalue weighted by atomic mass is 9.84. The maximum Gasteiger partial charge on any atom is 0.0309 e. The van der Waals surface area contributed by atoms with E-state index in [-0.39, 0.29) is 0 Å². The first-order valence-electron chi connectivity index (χ1n) is 7.66. The van der Waals surface area contributed by atoms with Gasteiger partial charge in [-0.2, -0.15) is 0 Å². The van der Waals surface area contributed by atoms with Crippen molar-refractivity contribution >= 4 is 0 Å². The van der Waals surface area contributed by atoms with Gasteiger partial charge in [0, 0.05) is 31.2 Å². The zero-order valence-corrected chi connectivity index (χ0v) is 11.5. The molecule has 2 aliphatic carbocycles. The van der Waals surface area contributed by atoms with E-state index in [0.29, 0.717) is 5.54 Å². The molecule has 17 heavy (non-hydrogen) atoms. The molecule has 0 bridgehead atoms. The molecule has 98 valence electrons. The lowest BCUT2D eigenvalue weighted by molar-refractivity contribution is 0.0611. The summed E-state index contributed by atoms with van der Waals surface area (Å²) in [5.74, 6) is 1.92. The van der Waals surface area contributed by atoms with Crippen LogP contribution in [0.25, 0.3) is 0 Å². The Morgan fingerprint density at radius 3 is 2.71 bits per heavy atom. The maximum atomic E-state index is 3.80. The van der Waals surface area contributed by atoms with Crippen LogP contribution in [0.4, 0.5) is 0 Å².